The summed E-state index contributed by atoms with van der Waals surface area (Å²) in [5.74, 6) is -0.128. The van der Waals surface area contributed by atoms with E-state index in [0.29, 0.717) is 18.5 Å². The van der Waals surface area contributed by atoms with Gasteiger partial charge in [0.1, 0.15) is 0 Å². The molecule has 7 heteroatoms. The van der Waals surface area contributed by atoms with Crippen molar-refractivity contribution in [3.63, 3.8) is 0 Å². The number of rotatable bonds is 5. The van der Waals surface area contributed by atoms with Crippen LogP contribution in [-0.2, 0) is 16.4 Å². The monoisotopic (exact) mass is 327 g/mol. The number of sulfonamides is 1. The molecular formula is C15H16N2NaO3S. The van der Waals surface area contributed by atoms with Crippen LogP contribution in [0.3, 0.4) is 0 Å². The Bertz CT molecular complexity index is 716. The summed E-state index contributed by atoms with van der Waals surface area (Å²) >= 11 is 0. The van der Waals surface area contributed by atoms with E-state index >= 15 is 0 Å². The minimum absolute atomic E-state index is 0. The third-order valence-electron chi connectivity index (χ3n) is 2.99. The fourth-order valence-corrected chi connectivity index (χ4v) is 2.37. The first-order valence-corrected chi connectivity index (χ1v) is 7.96. The number of benzene rings is 2. The molecule has 0 saturated heterocycles. The summed E-state index contributed by atoms with van der Waals surface area (Å²) in [4.78, 5) is 11.9. The first-order valence-electron chi connectivity index (χ1n) is 6.42. The predicted octanol–water partition coefficient (Wildman–Crippen LogP) is 0.926. The van der Waals surface area contributed by atoms with E-state index in [4.69, 9.17) is 5.14 Å². The van der Waals surface area contributed by atoms with Crippen LogP contribution in [0.15, 0.2) is 59.5 Å². The Morgan fingerprint density at radius 2 is 1.59 bits per heavy atom. The van der Waals surface area contributed by atoms with E-state index in [1.807, 2.05) is 6.07 Å². The summed E-state index contributed by atoms with van der Waals surface area (Å²) in [6.07, 6.45) is 0.615. The number of amides is 1. The smallest absolute Gasteiger partial charge is 0.251 e. The van der Waals surface area contributed by atoms with Gasteiger partial charge in [0.05, 0.1) is 4.90 Å². The van der Waals surface area contributed by atoms with Gasteiger partial charge in [-0.15, -0.1) is 0 Å². The molecule has 0 bridgehead atoms. The molecule has 2 aromatic carbocycles. The van der Waals surface area contributed by atoms with Crippen molar-refractivity contribution in [2.45, 2.75) is 11.3 Å². The van der Waals surface area contributed by atoms with Crippen molar-refractivity contribution in [3.8, 4) is 0 Å². The number of carbonyl (C=O) groups excluding carboxylic acids is 1. The zero-order chi connectivity index (χ0) is 15.3. The van der Waals surface area contributed by atoms with E-state index in [1.165, 1.54) is 12.1 Å². The van der Waals surface area contributed by atoms with E-state index < -0.39 is 10.0 Å². The zero-order valence-corrected chi connectivity index (χ0v) is 15.1. The van der Waals surface area contributed by atoms with E-state index in [9.17, 15) is 13.2 Å². The maximum Gasteiger partial charge on any atom is 0.251 e. The standard InChI is InChI=1S/C15H16N2O3S.Na/c16-21(19,20)14-8-6-12(7-9-14)10-11-17-15(18)13-4-2-1-3-5-13;/h1-9H,10-11H2,(H,17,18)(H2,16,19,20);. The van der Waals surface area contributed by atoms with Crippen molar-refractivity contribution < 1.29 is 13.2 Å². The second-order valence-corrected chi connectivity index (χ2v) is 6.12. The maximum absolute atomic E-state index is 11.8. The van der Waals surface area contributed by atoms with Crippen molar-refractivity contribution in [1.29, 1.82) is 0 Å². The Balaban J connectivity index is 0.00000242. The third kappa shape index (κ3) is 5.55. The second kappa shape index (κ2) is 8.45. The quantitative estimate of drug-likeness (QED) is 0.801. The average Bonchev–Trinajstić information content (AvgIpc) is 2.47. The van der Waals surface area contributed by atoms with Gasteiger partial charge in [0.15, 0.2) is 0 Å². The summed E-state index contributed by atoms with van der Waals surface area (Å²) in [7, 11) is -3.66. The topological polar surface area (TPSA) is 89.3 Å². The summed E-state index contributed by atoms with van der Waals surface area (Å²) in [6, 6.07) is 15.3. The number of carbonyl (C=O) groups is 1. The molecule has 3 N–H and O–H groups in total. The van der Waals surface area contributed by atoms with Gasteiger partial charge in [-0.25, -0.2) is 13.6 Å². The second-order valence-electron chi connectivity index (χ2n) is 4.56. The largest absolute Gasteiger partial charge is 0.352 e. The van der Waals surface area contributed by atoms with Crippen LogP contribution in [0.4, 0.5) is 0 Å². The van der Waals surface area contributed by atoms with Crippen molar-refractivity contribution in [1.82, 2.24) is 5.32 Å². The van der Waals surface area contributed by atoms with Crippen molar-refractivity contribution in [2.75, 3.05) is 6.54 Å². The molecule has 111 valence electrons. The van der Waals surface area contributed by atoms with Crippen molar-refractivity contribution in [3.05, 3.63) is 65.7 Å². The van der Waals surface area contributed by atoms with Crippen LogP contribution in [0.1, 0.15) is 15.9 Å². The van der Waals surface area contributed by atoms with Crippen LogP contribution in [0, 0.1) is 0 Å². The number of nitrogens with two attached hydrogens (primary N) is 1. The summed E-state index contributed by atoms with van der Waals surface area (Å²) < 4.78 is 22.3. The fraction of sp³-hybridized carbons (Fsp3) is 0.133. The van der Waals surface area contributed by atoms with Gasteiger partial charge in [0.2, 0.25) is 10.0 Å². The molecule has 0 aliphatic carbocycles. The molecule has 0 aliphatic heterocycles. The average molecular weight is 327 g/mol. The predicted molar refractivity (Wildman–Crippen MR) is 86.0 cm³/mol. The van der Waals surface area contributed by atoms with Gasteiger partial charge >= 0.3 is 0 Å². The molecule has 1 radical (unpaired) electrons. The van der Waals surface area contributed by atoms with Gasteiger partial charge in [-0.05, 0) is 36.2 Å². The molecule has 0 aliphatic rings. The van der Waals surface area contributed by atoms with Crippen molar-refractivity contribution >= 4 is 45.5 Å². The molecule has 0 heterocycles. The van der Waals surface area contributed by atoms with Crippen molar-refractivity contribution in [2.24, 2.45) is 5.14 Å². The molecule has 5 nitrogen and oxygen atoms in total. The third-order valence-corrected chi connectivity index (χ3v) is 3.92. The van der Waals surface area contributed by atoms with Gasteiger partial charge in [-0.3, -0.25) is 4.79 Å². The van der Waals surface area contributed by atoms with Gasteiger partial charge < -0.3 is 5.32 Å². The molecule has 2 rings (SSSR count). The Morgan fingerprint density at radius 1 is 1.00 bits per heavy atom. The number of primary sulfonamides is 1. The molecule has 0 saturated carbocycles. The number of hydrogen-bond acceptors (Lipinski definition) is 3. The Hall–Kier alpha value is -1.18. The molecule has 0 unspecified atom stereocenters. The Labute approximate surface area is 152 Å². The van der Waals surface area contributed by atoms with Gasteiger partial charge in [0.25, 0.3) is 5.91 Å². The molecule has 0 fully saturated rings. The molecule has 0 aromatic heterocycles. The molecule has 0 atom stereocenters. The summed E-state index contributed by atoms with van der Waals surface area (Å²) in [5, 5.41) is 7.84. The summed E-state index contributed by atoms with van der Waals surface area (Å²) in [5.41, 5.74) is 1.54. The molecular weight excluding hydrogens is 311 g/mol. The first kappa shape index (κ1) is 18.9. The normalized spacial score (nSPS) is 10.6. The maximum atomic E-state index is 11.8. The molecule has 0 spiro atoms. The van der Waals surface area contributed by atoms with Crippen LogP contribution in [0.25, 0.3) is 0 Å². The number of nitrogens with one attached hydrogen (secondary N) is 1. The fourth-order valence-electron chi connectivity index (χ4n) is 1.86. The SMILES string of the molecule is NS(=O)(=O)c1ccc(CCNC(=O)c2ccccc2)cc1.[Na]. The van der Waals surface area contributed by atoms with Crippen LogP contribution in [0.2, 0.25) is 0 Å². The van der Waals surface area contributed by atoms with Gasteiger partial charge in [-0.2, -0.15) is 0 Å². The van der Waals surface area contributed by atoms with Gasteiger partial charge in [0, 0.05) is 41.7 Å². The van der Waals surface area contributed by atoms with E-state index in [2.05, 4.69) is 5.32 Å². The first-order chi connectivity index (χ1) is 9.97. The van der Waals surface area contributed by atoms with E-state index in [0.717, 1.165) is 5.56 Å². The zero-order valence-electron chi connectivity index (χ0n) is 12.3. The number of hydrogen-bond donors (Lipinski definition) is 2. The minimum Gasteiger partial charge on any atom is -0.352 e. The molecule has 22 heavy (non-hydrogen) atoms. The molecule has 1 amide bonds. The van der Waals surface area contributed by atoms with E-state index in [1.54, 1.807) is 36.4 Å². The van der Waals surface area contributed by atoms with Crippen LogP contribution in [-0.4, -0.2) is 50.4 Å². The minimum atomic E-state index is -3.66. The van der Waals surface area contributed by atoms with Crippen LogP contribution in [0.5, 0.6) is 0 Å². The molecule has 2 aromatic rings. The Kier molecular flexibility index (Phi) is 7.25. The summed E-state index contributed by atoms with van der Waals surface area (Å²) in [6.45, 7) is 0.475. The van der Waals surface area contributed by atoms with Crippen LogP contribution >= 0.6 is 0 Å². The van der Waals surface area contributed by atoms with E-state index in [-0.39, 0.29) is 40.4 Å². The van der Waals surface area contributed by atoms with Gasteiger partial charge in [-0.1, -0.05) is 30.3 Å². The Morgan fingerprint density at radius 3 is 2.14 bits per heavy atom. The van der Waals surface area contributed by atoms with Crippen LogP contribution < -0.4 is 10.5 Å².